The number of carbonyl (C=O) groups is 2. The van der Waals surface area contributed by atoms with Gasteiger partial charge in [-0.1, -0.05) is 18.2 Å². The van der Waals surface area contributed by atoms with Crippen LogP contribution in [-0.4, -0.2) is 32.2 Å². The van der Waals surface area contributed by atoms with Gasteiger partial charge < -0.3 is 14.8 Å². The smallest absolute Gasteiger partial charge is 0.329 e. The minimum Gasteiger partial charge on any atom is -0.497 e. The molecule has 0 spiro atoms. The number of halogens is 1. The molecule has 0 atom stereocenters. The van der Waals surface area contributed by atoms with E-state index in [1.165, 1.54) is 38.5 Å². The number of amides is 2. The van der Waals surface area contributed by atoms with E-state index in [1.807, 2.05) is 5.43 Å². The highest BCUT2D eigenvalue weighted by Crippen LogP contribution is 2.28. The quantitative estimate of drug-likeness (QED) is 0.492. The number of carbonyl (C=O) groups excluding carboxylic acids is 2. The summed E-state index contributed by atoms with van der Waals surface area (Å²) in [7, 11) is 2.91. The Morgan fingerprint density at radius 1 is 1.08 bits per heavy atom. The van der Waals surface area contributed by atoms with Crippen LogP contribution < -0.4 is 20.2 Å². The number of nitrogens with one attached hydrogen (secondary N) is 2. The molecule has 0 radical (unpaired) electrons. The van der Waals surface area contributed by atoms with Crippen LogP contribution in [0.15, 0.2) is 47.6 Å². The van der Waals surface area contributed by atoms with Crippen molar-refractivity contribution in [3.05, 3.63) is 53.8 Å². The van der Waals surface area contributed by atoms with E-state index < -0.39 is 17.6 Å². The lowest BCUT2D eigenvalue weighted by Gasteiger charge is -2.10. The first-order valence-electron chi connectivity index (χ1n) is 7.16. The van der Waals surface area contributed by atoms with Gasteiger partial charge in [0.25, 0.3) is 0 Å². The molecule has 2 aromatic rings. The van der Waals surface area contributed by atoms with E-state index in [1.54, 1.807) is 18.2 Å². The van der Waals surface area contributed by atoms with Crippen LogP contribution in [0.5, 0.6) is 11.5 Å². The maximum atomic E-state index is 13.4. The van der Waals surface area contributed by atoms with Gasteiger partial charge in [-0.25, -0.2) is 9.82 Å². The number of rotatable bonds is 5. The average Bonchev–Trinajstić information content (AvgIpc) is 2.63. The van der Waals surface area contributed by atoms with Gasteiger partial charge in [0, 0.05) is 11.6 Å². The van der Waals surface area contributed by atoms with Crippen molar-refractivity contribution in [2.45, 2.75) is 0 Å². The van der Waals surface area contributed by atoms with Crippen LogP contribution in [0.4, 0.5) is 10.1 Å². The van der Waals surface area contributed by atoms with E-state index in [-0.39, 0.29) is 5.56 Å². The van der Waals surface area contributed by atoms with Gasteiger partial charge in [0.1, 0.15) is 17.3 Å². The van der Waals surface area contributed by atoms with Gasteiger partial charge in [0.15, 0.2) is 0 Å². The van der Waals surface area contributed by atoms with Crippen LogP contribution in [-0.2, 0) is 9.59 Å². The molecule has 2 rings (SSSR count). The number of hydrogen-bond acceptors (Lipinski definition) is 5. The molecular weight excluding hydrogens is 329 g/mol. The Hall–Kier alpha value is -3.42. The molecule has 7 nitrogen and oxygen atoms in total. The van der Waals surface area contributed by atoms with Crippen molar-refractivity contribution in [2.24, 2.45) is 5.10 Å². The Balaban J connectivity index is 1.99. The van der Waals surface area contributed by atoms with Gasteiger partial charge in [-0.3, -0.25) is 9.59 Å². The lowest BCUT2D eigenvalue weighted by atomic mass is 10.2. The number of hydrazone groups is 1. The molecule has 2 N–H and O–H groups in total. The van der Waals surface area contributed by atoms with E-state index >= 15 is 0 Å². The molecule has 25 heavy (non-hydrogen) atoms. The molecule has 0 unspecified atom stereocenters. The highest BCUT2D eigenvalue weighted by atomic mass is 19.1. The molecule has 0 aliphatic rings. The second-order valence-electron chi connectivity index (χ2n) is 4.74. The van der Waals surface area contributed by atoms with Crippen LogP contribution in [0.2, 0.25) is 0 Å². The normalized spacial score (nSPS) is 10.4. The SMILES string of the molecule is COc1ccc(NC(=O)C(=O)NN=Cc2ccccc2F)c(OC)c1. The van der Waals surface area contributed by atoms with Gasteiger partial charge >= 0.3 is 11.8 Å². The maximum absolute atomic E-state index is 13.4. The lowest BCUT2D eigenvalue weighted by molar-refractivity contribution is -0.136. The van der Waals surface area contributed by atoms with E-state index in [4.69, 9.17) is 9.47 Å². The van der Waals surface area contributed by atoms with Crippen molar-refractivity contribution in [2.75, 3.05) is 19.5 Å². The number of nitrogens with zero attached hydrogens (tertiary/aromatic N) is 1. The summed E-state index contributed by atoms with van der Waals surface area (Å²) in [6.07, 6.45) is 1.11. The molecule has 0 heterocycles. The van der Waals surface area contributed by atoms with Gasteiger partial charge in [0.2, 0.25) is 0 Å². The van der Waals surface area contributed by atoms with Crippen molar-refractivity contribution in [3.63, 3.8) is 0 Å². The summed E-state index contributed by atoms with van der Waals surface area (Å²) in [6, 6.07) is 10.6. The third kappa shape index (κ3) is 4.77. The number of anilines is 1. The fourth-order valence-electron chi connectivity index (χ4n) is 1.87. The van der Waals surface area contributed by atoms with Crippen LogP contribution in [0, 0.1) is 5.82 Å². The fourth-order valence-corrected chi connectivity index (χ4v) is 1.87. The summed E-state index contributed by atoms with van der Waals surface area (Å²) in [5.74, 6) is -1.59. The number of benzene rings is 2. The van der Waals surface area contributed by atoms with Crippen molar-refractivity contribution in [3.8, 4) is 11.5 Å². The minimum absolute atomic E-state index is 0.181. The number of hydrogen-bond donors (Lipinski definition) is 2. The van der Waals surface area contributed by atoms with Crippen molar-refractivity contribution in [1.82, 2.24) is 5.43 Å². The highest BCUT2D eigenvalue weighted by Gasteiger charge is 2.15. The largest absolute Gasteiger partial charge is 0.497 e. The Bertz CT molecular complexity index is 808. The first-order chi connectivity index (χ1) is 12.0. The first-order valence-corrected chi connectivity index (χ1v) is 7.16. The molecule has 2 amide bonds. The van der Waals surface area contributed by atoms with E-state index in [2.05, 4.69) is 10.4 Å². The summed E-state index contributed by atoms with van der Waals surface area (Å²) >= 11 is 0. The highest BCUT2D eigenvalue weighted by molar-refractivity contribution is 6.39. The molecule has 0 saturated carbocycles. The summed E-state index contributed by atoms with van der Waals surface area (Å²) in [5.41, 5.74) is 2.50. The zero-order valence-corrected chi connectivity index (χ0v) is 13.6. The molecular formula is C17H16FN3O4. The monoisotopic (exact) mass is 345 g/mol. The van der Waals surface area contributed by atoms with Gasteiger partial charge in [-0.15, -0.1) is 0 Å². The Morgan fingerprint density at radius 3 is 2.52 bits per heavy atom. The first kappa shape index (κ1) is 17.9. The van der Waals surface area contributed by atoms with Crippen molar-refractivity contribution >= 4 is 23.7 Å². The van der Waals surface area contributed by atoms with Crippen LogP contribution in [0.1, 0.15) is 5.56 Å². The van der Waals surface area contributed by atoms with E-state index in [9.17, 15) is 14.0 Å². The van der Waals surface area contributed by atoms with Gasteiger partial charge in [-0.05, 0) is 18.2 Å². The second kappa shape index (κ2) is 8.44. The lowest BCUT2D eigenvalue weighted by Crippen LogP contribution is -2.32. The van der Waals surface area contributed by atoms with E-state index in [0.29, 0.717) is 17.2 Å². The molecule has 130 valence electrons. The fraction of sp³-hybridized carbons (Fsp3) is 0.118. The summed E-state index contributed by atoms with van der Waals surface area (Å²) < 4.78 is 23.6. The van der Waals surface area contributed by atoms with Crippen molar-refractivity contribution < 1.29 is 23.5 Å². The van der Waals surface area contributed by atoms with Gasteiger partial charge in [0.05, 0.1) is 26.1 Å². The molecule has 0 saturated heterocycles. The van der Waals surface area contributed by atoms with Crippen molar-refractivity contribution in [1.29, 1.82) is 0 Å². The zero-order chi connectivity index (χ0) is 18.2. The zero-order valence-electron chi connectivity index (χ0n) is 13.6. The van der Waals surface area contributed by atoms with Gasteiger partial charge in [-0.2, -0.15) is 5.10 Å². The second-order valence-corrected chi connectivity index (χ2v) is 4.74. The summed E-state index contributed by atoms with van der Waals surface area (Å²) in [6.45, 7) is 0. The minimum atomic E-state index is -1.01. The van der Waals surface area contributed by atoms with E-state index in [0.717, 1.165) is 6.21 Å². The van der Waals surface area contributed by atoms with Crippen LogP contribution >= 0.6 is 0 Å². The molecule has 8 heteroatoms. The molecule has 0 aliphatic carbocycles. The third-order valence-electron chi connectivity index (χ3n) is 3.14. The molecule has 0 bridgehead atoms. The van der Waals surface area contributed by atoms with Crippen LogP contribution in [0.3, 0.4) is 0 Å². The maximum Gasteiger partial charge on any atom is 0.329 e. The predicted octanol–water partition coefficient (Wildman–Crippen LogP) is 1.93. The average molecular weight is 345 g/mol. The number of ether oxygens (including phenoxy) is 2. The third-order valence-corrected chi connectivity index (χ3v) is 3.14. The summed E-state index contributed by atoms with van der Waals surface area (Å²) in [5, 5.41) is 5.95. The molecule has 0 aliphatic heterocycles. The molecule has 2 aromatic carbocycles. The Labute approximate surface area is 143 Å². The number of methoxy groups -OCH3 is 2. The Morgan fingerprint density at radius 2 is 1.84 bits per heavy atom. The molecule has 0 aromatic heterocycles. The summed E-state index contributed by atoms with van der Waals surface area (Å²) in [4.78, 5) is 23.6. The molecule has 0 fully saturated rings. The predicted molar refractivity (Wildman–Crippen MR) is 90.3 cm³/mol. The van der Waals surface area contributed by atoms with Crippen LogP contribution in [0.25, 0.3) is 0 Å². The topological polar surface area (TPSA) is 89.0 Å². The Kier molecular flexibility index (Phi) is 6.05. The standard InChI is InChI=1S/C17H16FN3O4/c1-24-12-7-8-14(15(9-12)25-2)20-16(22)17(23)21-19-10-11-5-3-4-6-13(11)18/h3-10H,1-2H3,(H,20,22)(H,21,23).